The first-order valence-electron chi connectivity index (χ1n) is 8.77. The summed E-state index contributed by atoms with van der Waals surface area (Å²) in [6.45, 7) is 5.75. The highest BCUT2D eigenvalue weighted by molar-refractivity contribution is 6.31. The topological polar surface area (TPSA) is 62.6 Å². The molecule has 3 rings (SSSR count). The van der Waals surface area contributed by atoms with Gasteiger partial charge in [-0.05, 0) is 44.4 Å². The molecule has 0 spiro atoms. The number of hydrogen-bond donors (Lipinski definition) is 1. The zero-order valence-corrected chi connectivity index (χ0v) is 15.4. The van der Waals surface area contributed by atoms with E-state index in [0.29, 0.717) is 48.8 Å². The maximum absolute atomic E-state index is 12.8. The number of furan rings is 1. The fraction of sp³-hybridized carbons (Fsp3) is 0.474. The van der Waals surface area contributed by atoms with Gasteiger partial charge in [-0.25, -0.2) is 0 Å². The highest BCUT2D eigenvalue weighted by atomic mass is 35.5. The fourth-order valence-electron chi connectivity index (χ4n) is 3.28. The van der Waals surface area contributed by atoms with Gasteiger partial charge in [0, 0.05) is 41.5 Å². The number of benzene rings is 1. The number of hydrogen-bond acceptors (Lipinski definition) is 3. The van der Waals surface area contributed by atoms with Gasteiger partial charge in [0.25, 0.3) is 5.91 Å². The molecule has 2 aromatic rings. The molecule has 0 radical (unpaired) electrons. The smallest absolute Gasteiger partial charge is 0.289 e. The van der Waals surface area contributed by atoms with Gasteiger partial charge >= 0.3 is 0 Å². The number of halogens is 1. The van der Waals surface area contributed by atoms with Crippen LogP contribution in [-0.4, -0.2) is 36.3 Å². The van der Waals surface area contributed by atoms with Gasteiger partial charge in [-0.2, -0.15) is 0 Å². The molecule has 25 heavy (non-hydrogen) atoms. The van der Waals surface area contributed by atoms with E-state index in [1.165, 1.54) is 0 Å². The third kappa shape index (κ3) is 3.66. The van der Waals surface area contributed by atoms with Gasteiger partial charge in [0.2, 0.25) is 5.91 Å². The van der Waals surface area contributed by atoms with Crippen molar-refractivity contribution in [3.05, 3.63) is 34.5 Å². The minimum absolute atomic E-state index is 0.00817. The van der Waals surface area contributed by atoms with Crippen molar-refractivity contribution in [2.45, 2.75) is 33.1 Å². The van der Waals surface area contributed by atoms with Gasteiger partial charge in [0.1, 0.15) is 5.58 Å². The van der Waals surface area contributed by atoms with Gasteiger partial charge in [-0.3, -0.25) is 9.59 Å². The Morgan fingerprint density at radius 1 is 1.32 bits per heavy atom. The molecule has 0 aliphatic carbocycles. The molecule has 0 atom stereocenters. The molecule has 2 heterocycles. The van der Waals surface area contributed by atoms with Crippen LogP contribution >= 0.6 is 11.6 Å². The minimum atomic E-state index is -0.114. The van der Waals surface area contributed by atoms with Gasteiger partial charge in [-0.1, -0.05) is 18.5 Å². The monoisotopic (exact) mass is 362 g/mol. The van der Waals surface area contributed by atoms with Crippen LogP contribution < -0.4 is 5.32 Å². The molecule has 0 bridgehead atoms. The van der Waals surface area contributed by atoms with E-state index in [2.05, 4.69) is 5.32 Å². The van der Waals surface area contributed by atoms with Gasteiger partial charge in [0.15, 0.2) is 5.76 Å². The number of aryl methyl sites for hydroxylation is 1. The van der Waals surface area contributed by atoms with Gasteiger partial charge in [0.05, 0.1) is 0 Å². The van der Waals surface area contributed by atoms with Crippen LogP contribution in [0.5, 0.6) is 0 Å². The second-order valence-electron chi connectivity index (χ2n) is 6.55. The quantitative estimate of drug-likeness (QED) is 0.900. The molecule has 6 heteroatoms. The second kappa shape index (κ2) is 7.48. The lowest BCUT2D eigenvalue weighted by atomic mass is 9.95. The first-order chi connectivity index (χ1) is 12.0. The van der Waals surface area contributed by atoms with Crippen LogP contribution in [0.2, 0.25) is 5.02 Å². The maximum atomic E-state index is 12.8. The summed E-state index contributed by atoms with van der Waals surface area (Å²) in [6.07, 6.45) is 2.30. The summed E-state index contributed by atoms with van der Waals surface area (Å²) in [4.78, 5) is 26.7. The molecule has 1 aromatic heterocycles. The number of nitrogens with one attached hydrogen (secondary N) is 1. The largest absolute Gasteiger partial charge is 0.451 e. The van der Waals surface area contributed by atoms with Crippen LogP contribution in [-0.2, 0) is 4.79 Å². The Hall–Kier alpha value is -2.01. The molecule has 0 saturated carbocycles. The number of carbonyl (C=O) groups is 2. The Morgan fingerprint density at radius 2 is 2.04 bits per heavy atom. The number of nitrogens with zero attached hydrogens (tertiary/aromatic N) is 1. The third-order valence-electron chi connectivity index (χ3n) is 4.79. The number of amides is 2. The standard InChI is InChI=1S/C19H23ClN2O3/c1-3-8-21-18(23)13-6-9-22(10-7-13)19(24)17-12(2)15-11-14(20)4-5-16(15)25-17/h4-5,11,13H,3,6-10H2,1-2H3,(H,21,23). The molecule has 5 nitrogen and oxygen atoms in total. The summed E-state index contributed by atoms with van der Waals surface area (Å²) in [5.41, 5.74) is 1.48. The summed E-state index contributed by atoms with van der Waals surface area (Å²) in [5, 5.41) is 4.42. The number of likely N-dealkylation sites (tertiary alicyclic amines) is 1. The summed E-state index contributed by atoms with van der Waals surface area (Å²) in [7, 11) is 0. The van der Waals surface area contributed by atoms with E-state index in [0.717, 1.165) is 17.4 Å². The predicted molar refractivity (Wildman–Crippen MR) is 97.9 cm³/mol. The minimum Gasteiger partial charge on any atom is -0.451 e. The molecule has 134 valence electrons. The molecule has 1 saturated heterocycles. The van der Waals surface area contributed by atoms with E-state index in [1.54, 1.807) is 17.0 Å². The predicted octanol–water partition coefficient (Wildman–Crippen LogP) is 3.77. The van der Waals surface area contributed by atoms with Gasteiger partial charge in [-0.15, -0.1) is 0 Å². The molecular formula is C19H23ClN2O3. The molecule has 1 aliphatic rings. The molecular weight excluding hydrogens is 340 g/mol. The highest BCUT2D eigenvalue weighted by Crippen LogP contribution is 2.29. The van der Waals surface area contributed by atoms with E-state index in [4.69, 9.17) is 16.0 Å². The van der Waals surface area contributed by atoms with E-state index >= 15 is 0 Å². The zero-order valence-electron chi connectivity index (χ0n) is 14.6. The van der Waals surface area contributed by atoms with Crippen LogP contribution in [0, 0.1) is 12.8 Å². The van der Waals surface area contributed by atoms with E-state index in [1.807, 2.05) is 19.9 Å². The van der Waals surface area contributed by atoms with Crippen molar-refractivity contribution in [3.63, 3.8) is 0 Å². The number of piperidine rings is 1. The summed E-state index contributed by atoms with van der Waals surface area (Å²) < 4.78 is 5.77. The summed E-state index contributed by atoms with van der Waals surface area (Å²) >= 11 is 6.04. The average Bonchev–Trinajstić information content (AvgIpc) is 2.95. The third-order valence-corrected chi connectivity index (χ3v) is 5.03. The average molecular weight is 363 g/mol. The second-order valence-corrected chi connectivity index (χ2v) is 6.99. The lowest BCUT2D eigenvalue weighted by Crippen LogP contribution is -2.43. The zero-order chi connectivity index (χ0) is 18.0. The maximum Gasteiger partial charge on any atom is 0.289 e. The van der Waals surface area contributed by atoms with Crippen molar-refractivity contribution in [1.29, 1.82) is 0 Å². The van der Waals surface area contributed by atoms with Gasteiger partial charge < -0.3 is 14.6 Å². The Morgan fingerprint density at radius 3 is 2.72 bits per heavy atom. The lowest BCUT2D eigenvalue weighted by Gasteiger charge is -2.30. The first-order valence-corrected chi connectivity index (χ1v) is 9.14. The Bertz CT molecular complexity index is 791. The lowest BCUT2D eigenvalue weighted by molar-refractivity contribution is -0.126. The fourth-order valence-corrected chi connectivity index (χ4v) is 3.45. The molecule has 1 fully saturated rings. The molecule has 1 aromatic carbocycles. The first kappa shape index (κ1) is 17.8. The van der Waals surface area contributed by atoms with E-state index in [-0.39, 0.29) is 17.7 Å². The molecule has 0 unspecified atom stereocenters. The van der Waals surface area contributed by atoms with Crippen LogP contribution in [0.4, 0.5) is 0 Å². The number of carbonyl (C=O) groups excluding carboxylic acids is 2. The highest BCUT2D eigenvalue weighted by Gasteiger charge is 2.30. The number of fused-ring (bicyclic) bond motifs is 1. The normalized spacial score (nSPS) is 15.6. The Labute approximate surface area is 152 Å². The molecule has 2 amide bonds. The van der Waals surface area contributed by atoms with Crippen molar-refractivity contribution in [3.8, 4) is 0 Å². The van der Waals surface area contributed by atoms with Crippen LogP contribution in [0.15, 0.2) is 22.6 Å². The van der Waals surface area contributed by atoms with Crippen molar-refractivity contribution in [1.82, 2.24) is 10.2 Å². The van der Waals surface area contributed by atoms with Crippen LogP contribution in [0.3, 0.4) is 0 Å². The van der Waals surface area contributed by atoms with Crippen molar-refractivity contribution in [2.24, 2.45) is 5.92 Å². The summed E-state index contributed by atoms with van der Waals surface area (Å²) in [5.74, 6) is 0.345. The Balaban J connectivity index is 1.69. The van der Waals surface area contributed by atoms with Crippen molar-refractivity contribution < 1.29 is 14.0 Å². The summed E-state index contributed by atoms with van der Waals surface area (Å²) in [6, 6.07) is 5.35. The molecule has 1 aliphatic heterocycles. The van der Waals surface area contributed by atoms with E-state index in [9.17, 15) is 9.59 Å². The SMILES string of the molecule is CCCNC(=O)C1CCN(C(=O)c2oc3ccc(Cl)cc3c2C)CC1. The van der Waals surface area contributed by atoms with Crippen molar-refractivity contribution in [2.75, 3.05) is 19.6 Å². The number of rotatable bonds is 4. The van der Waals surface area contributed by atoms with Crippen LogP contribution in [0.1, 0.15) is 42.3 Å². The van der Waals surface area contributed by atoms with Crippen LogP contribution in [0.25, 0.3) is 11.0 Å². The van der Waals surface area contributed by atoms with Crippen molar-refractivity contribution >= 4 is 34.4 Å². The van der Waals surface area contributed by atoms with E-state index < -0.39 is 0 Å². The molecule has 1 N–H and O–H groups in total. The Kier molecular flexibility index (Phi) is 5.33.